The lowest BCUT2D eigenvalue weighted by Crippen LogP contribution is -2.09. The van der Waals surface area contributed by atoms with Crippen molar-refractivity contribution < 1.29 is 4.74 Å². The number of ether oxygens (including phenoxy) is 1. The fraction of sp³-hybridized carbons (Fsp3) is 0.467. The van der Waals surface area contributed by atoms with Gasteiger partial charge in [-0.1, -0.05) is 6.92 Å². The van der Waals surface area contributed by atoms with Crippen LogP contribution in [-0.2, 0) is 17.9 Å². The third-order valence-electron chi connectivity index (χ3n) is 3.02. The number of anilines is 2. The molecule has 5 nitrogen and oxygen atoms in total. The Labute approximate surface area is 129 Å². The Morgan fingerprint density at radius 1 is 1.19 bits per heavy atom. The van der Waals surface area contributed by atoms with E-state index in [2.05, 4.69) is 45.2 Å². The Hall–Kier alpha value is -1.66. The van der Waals surface area contributed by atoms with Gasteiger partial charge in [-0.3, -0.25) is 0 Å². The van der Waals surface area contributed by atoms with Crippen LogP contribution in [0, 0.1) is 6.92 Å². The van der Waals surface area contributed by atoms with Gasteiger partial charge in [0.1, 0.15) is 18.2 Å². The molecule has 2 rings (SSSR count). The van der Waals surface area contributed by atoms with Gasteiger partial charge in [-0.2, -0.15) is 11.3 Å². The van der Waals surface area contributed by atoms with Crippen molar-refractivity contribution in [3.63, 3.8) is 0 Å². The predicted molar refractivity (Wildman–Crippen MR) is 87.9 cm³/mol. The molecule has 2 aromatic heterocycles. The van der Waals surface area contributed by atoms with E-state index < -0.39 is 0 Å². The van der Waals surface area contributed by atoms with Crippen LogP contribution < -0.4 is 10.6 Å². The monoisotopic (exact) mass is 306 g/mol. The topological polar surface area (TPSA) is 59.1 Å². The molecule has 0 fully saturated rings. The fourth-order valence-electron chi connectivity index (χ4n) is 1.88. The summed E-state index contributed by atoms with van der Waals surface area (Å²) in [6.45, 7) is 6.33. The normalized spacial score (nSPS) is 10.6. The Morgan fingerprint density at radius 3 is 2.57 bits per heavy atom. The second-order valence-corrected chi connectivity index (χ2v) is 5.59. The van der Waals surface area contributed by atoms with E-state index in [9.17, 15) is 0 Å². The Balaban J connectivity index is 2.09. The highest BCUT2D eigenvalue weighted by Gasteiger charge is 2.05. The summed E-state index contributed by atoms with van der Waals surface area (Å²) >= 11 is 1.72. The fourth-order valence-corrected chi connectivity index (χ4v) is 2.74. The largest absolute Gasteiger partial charge is 0.377 e. The first-order valence-corrected chi connectivity index (χ1v) is 8.03. The maximum absolute atomic E-state index is 5.13. The Morgan fingerprint density at radius 2 is 1.95 bits per heavy atom. The van der Waals surface area contributed by atoms with Crippen LogP contribution >= 0.6 is 11.3 Å². The molecule has 2 N–H and O–H groups in total. The minimum atomic E-state index is 0.411. The van der Waals surface area contributed by atoms with Crippen LogP contribution in [0.2, 0.25) is 0 Å². The first-order valence-electron chi connectivity index (χ1n) is 7.09. The first kappa shape index (κ1) is 15.7. The molecule has 0 saturated heterocycles. The molecule has 2 aromatic rings. The van der Waals surface area contributed by atoms with E-state index in [-0.39, 0.29) is 0 Å². The van der Waals surface area contributed by atoms with Crippen molar-refractivity contribution in [3.05, 3.63) is 33.8 Å². The molecule has 0 aliphatic heterocycles. The van der Waals surface area contributed by atoms with Crippen LogP contribution in [0.25, 0.3) is 0 Å². The molecule has 6 heteroatoms. The average molecular weight is 306 g/mol. The zero-order chi connectivity index (χ0) is 15.1. The zero-order valence-electron chi connectivity index (χ0n) is 12.8. The summed E-state index contributed by atoms with van der Waals surface area (Å²) in [6, 6.07) is 1.94. The molecule has 0 aromatic carbocycles. The lowest BCUT2D eigenvalue weighted by molar-refractivity contribution is 0.178. The van der Waals surface area contributed by atoms with E-state index in [1.54, 1.807) is 18.4 Å². The van der Waals surface area contributed by atoms with Gasteiger partial charge in [0.05, 0.1) is 0 Å². The highest BCUT2D eigenvalue weighted by Crippen LogP contribution is 2.17. The van der Waals surface area contributed by atoms with Crippen molar-refractivity contribution in [2.24, 2.45) is 0 Å². The van der Waals surface area contributed by atoms with Crippen molar-refractivity contribution in [2.45, 2.75) is 33.4 Å². The average Bonchev–Trinajstić information content (AvgIpc) is 2.88. The second-order valence-electron chi connectivity index (χ2n) is 4.85. The number of thiophene rings is 1. The summed E-state index contributed by atoms with van der Waals surface area (Å²) in [4.78, 5) is 8.91. The molecule has 0 unspecified atom stereocenters. The summed E-state index contributed by atoms with van der Waals surface area (Å²) in [5, 5.41) is 11.0. The summed E-state index contributed by atoms with van der Waals surface area (Å²) in [5.41, 5.74) is 2.61. The van der Waals surface area contributed by atoms with Gasteiger partial charge in [0.15, 0.2) is 5.82 Å². The summed E-state index contributed by atoms with van der Waals surface area (Å²) in [7, 11) is 1.65. The van der Waals surface area contributed by atoms with E-state index in [1.165, 1.54) is 11.1 Å². The van der Waals surface area contributed by atoms with Gasteiger partial charge in [-0.05, 0) is 35.2 Å². The molecular weight excluding hydrogens is 284 g/mol. The quantitative estimate of drug-likeness (QED) is 0.782. The van der Waals surface area contributed by atoms with Crippen LogP contribution in [-0.4, -0.2) is 23.6 Å². The SMILES string of the molecule is CCCNc1cc(NCc2cscc2C)nc(COC)n1. The lowest BCUT2D eigenvalue weighted by Gasteiger charge is -2.11. The lowest BCUT2D eigenvalue weighted by atomic mass is 10.2. The molecule has 0 aliphatic carbocycles. The molecule has 0 spiro atoms. The molecule has 0 saturated carbocycles. The third kappa shape index (κ3) is 4.68. The second kappa shape index (κ2) is 7.95. The number of aromatic nitrogens is 2. The van der Waals surface area contributed by atoms with Crippen LogP contribution in [0.5, 0.6) is 0 Å². The number of hydrogen-bond acceptors (Lipinski definition) is 6. The summed E-state index contributed by atoms with van der Waals surface area (Å²) in [5.74, 6) is 2.34. The molecule has 0 aliphatic rings. The minimum Gasteiger partial charge on any atom is -0.377 e. The van der Waals surface area contributed by atoms with E-state index >= 15 is 0 Å². The van der Waals surface area contributed by atoms with E-state index in [0.717, 1.165) is 31.1 Å². The maximum Gasteiger partial charge on any atom is 0.158 e. The Bertz CT molecular complexity index is 571. The van der Waals surface area contributed by atoms with Gasteiger partial charge in [-0.15, -0.1) is 0 Å². The van der Waals surface area contributed by atoms with Crippen molar-refractivity contribution in [3.8, 4) is 0 Å². The molecule has 0 atom stereocenters. The third-order valence-corrected chi connectivity index (χ3v) is 3.93. The van der Waals surface area contributed by atoms with Crippen LogP contribution in [0.3, 0.4) is 0 Å². The van der Waals surface area contributed by atoms with E-state index in [1.807, 2.05) is 6.07 Å². The summed E-state index contributed by atoms with van der Waals surface area (Å²) < 4.78 is 5.13. The zero-order valence-corrected chi connectivity index (χ0v) is 13.6. The standard InChI is InChI=1S/C15H22N4OS/c1-4-5-16-13-6-14(19-15(18-13)8-20-3)17-7-12-10-21-9-11(12)2/h6,9-10H,4-5,7-8H2,1-3H3,(H2,16,17,18,19). The predicted octanol–water partition coefficient (Wildman–Crippen LogP) is 3.43. The number of rotatable bonds is 8. The number of nitrogens with one attached hydrogen (secondary N) is 2. The number of aryl methyl sites for hydroxylation is 1. The van der Waals surface area contributed by atoms with Gasteiger partial charge in [-0.25, -0.2) is 9.97 Å². The smallest absolute Gasteiger partial charge is 0.158 e. The van der Waals surface area contributed by atoms with Crippen LogP contribution in [0.1, 0.15) is 30.3 Å². The van der Waals surface area contributed by atoms with E-state index in [0.29, 0.717) is 12.4 Å². The van der Waals surface area contributed by atoms with E-state index in [4.69, 9.17) is 4.74 Å². The van der Waals surface area contributed by atoms with Gasteiger partial charge < -0.3 is 15.4 Å². The van der Waals surface area contributed by atoms with Crippen molar-refractivity contribution in [1.82, 2.24) is 9.97 Å². The summed E-state index contributed by atoms with van der Waals surface area (Å²) in [6.07, 6.45) is 1.06. The highest BCUT2D eigenvalue weighted by molar-refractivity contribution is 7.08. The molecule has 2 heterocycles. The highest BCUT2D eigenvalue weighted by atomic mass is 32.1. The van der Waals surface area contributed by atoms with Crippen molar-refractivity contribution in [2.75, 3.05) is 24.3 Å². The van der Waals surface area contributed by atoms with Crippen molar-refractivity contribution in [1.29, 1.82) is 0 Å². The van der Waals surface area contributed by atoms with Crippen LogP contribution in [0.4, 0.5) is 11.6 Å². The van der Waals surface area contributed by atoms with Crippen molar-refractivity contribution >= 4 is 23.0 Å². The molecule has 0 amide bonds. The Kier molecular flexibility index (Phi) is 5.95. The molecule has 0 bridgehead atoms. The number of nitrogens with zero attached hydrogens (tertiary/aromatic N) is 2. The van der Waals surface area contributed by atoms with Crippen LogP contribution in [0.15, 0.2) is 16.8 Å². The maximum atomic E-state index is 5.13. The van der Waals surface area contributed by atoms with Gasteiger partial charge in [0.2, 0.25) is 0 Å². The van der Waals surface area contributed by atoms with Gasteiger partial charge in [0, 0.05) is 26.3 Å². The first-order chi connectivity index (χ1) is 10.2. The molecule has 21 heavy (non-hydrogen) atoms. The molecular formula is C15H22N4OS. The van der Waals surface area contributed by atoms with Gasteiger partial charge in [0.25, 0.3) is 0 Å². The molecule has 114 valence electrons. The molecule has 0 radical (unpaired) electrons. The van der Waals surface area contributed by atoms with Gasteiger partial charge >= 0.3 is 0 Å². The number of hydrogen-bond donors (Lipinski definition) is 2. The number of methoxy groups -OCH3 is 1. The minimum absolute atomic E-state index is 0.411.